The summed E-state index contributed by atoms with van der Waals surface area (Å²) in [5.74, 6) is -0.190. The van der Waals surface area contributed by atoms with Crippen molar-refractivity contribution in [1.82, 2.24) is 10.2 Å². The number of nitrogens with one attached hydrogen (secondary N) is 1. The Balaban J connectivity index is 0.00000280. The van der Waals surface area contributed by atoms with E-state index < -0.39 is 24.1 Å². The molecule has 3 atom stereocenters. The summed E-state index contributed by atoms with van der Waals surface area (Å²) in [6.45, 7) is 3.63. The average Bonchev–Trinajstić information content (AvgIpc) is 3.01. The van der Waals surface area contributed by atoms with Gasteiger partial charge in [0.2, 0.25) is 0 Å². The van der Waals surface area contributed by atoms with E-state index >= 15 is 0 Å². The summed E-state index contributed by atoms with van der Waals surface area (Å²) in [5, 5.41) is 2.74. The molecule has 3 rings (SSSR count). The number of carbonyl (C=O) groups excluding carboxylic acids is 3. The minimum Gasteiger partial charge on any atom is -0.436 e. The maximum atomic E-state index is 12.8. The van der Waals surface area contributed by atoms with E-state index in [1.807, 2.05) is 0 Å². The van der Waals surface area contributed by atoms with Crippen LogP contribution in [0.4, 0.5) is 4.79 Å². The number of nitrogens with zero attached hydrogens (tertiary/aromatic N) is 1. The fourth-order valence-corrected chi connectivity index (χ4v) is 3.98. The van der Waals surface area contributed by atoms with Crippen LogP contribution in [0.15, 0.2) is 0 Å². The standard InChI is InChI=1S/C19H30N2O6.3H2S/c1-13-17(15(22)12-26-13)20-18(23)16(11-14-5-3-2-4-6-14)27-19(24)21-7-9-25-10-8-21;;;/h13-14,16-17H,2-12H2,1H3,(H,20,23);3*1H2/t13-,16-,17-;;;/m0.../s1. The smallest absolute Gasteiger partial charge is 0.410 e. The molecular formula is C19H36N2O6S3. The Morgan fingerprint density at radius 3 is 2.33 bits per heavy atom. The van der Waals surface area contributed by atoms with Crippen molar-refractivity contribution in [2.75, 3.05) is 32.9 Å². The van der Waals surface area contributed by atoms with E-state index in [0.717, 1.165) is 25.7 Å². The maximum absolute atomic E-state index is 12.8. The normalized spacial score (nSPS) is 25.2. The van der Waals surface area contributed by atoms with Crippen LogP contribution in [0.1, 0.15) is 45.4 Å². The fraction of sp³-hybridized carbons (Fsp3) is 0.842. The number of ketones is 1. The zero-order valence-electron chi connectivity index (χ0n) is 17.5. The number of Topliss-reactive ketones (excluding diaryl/α,β-unsaturated/α-hetero) is 1. The highest BCUT2D eigenvalue weighted by Crippen LogP contribution is 2.28. The van der Waals surface area contributed by atoms with Crippen molar-refractivity contribution in [2.24, 2.45) is 5.92 Å². The van der Waals surface area contributed by atoms with Crippen molar-refractivity contribution >= 4 is 58.3 Å². The fourth-order valence-electron chi connectivity index (χ4n) is 3.98. The van der Waals surface area contributed by atoms with Gasteiger partial charge in [-0.25, -0.2) is 4.79 Å². The van der Waals surface area contributed by atoms with Gasteiger partial charge in [-0.15, -0.1) is 0 Å². The van der Waals surface area contributed by atoms with E-state index in [1.54, 1.807) is 11.8 Å². The second-order valence-electron chi connectivity index (χ2n) is 7.68. The minimum absolute atomic E-state index is 0. The van der Waals surface area contributed by atoms with Crippen LogP contribution in [0.2, 0.25) is 0 Å². The zero-order valence-corrected chi connectivity index (χ0v) is 20.5. The van der Waals surface area contributed by atoms with Gasteiger partial charge in [0, 0.05) is 13.1 Å². The number of ether oxygens (including phenoxy) is 3. The van der Waals surface area contributed by atoms with Gasteiger partial charge in [0.25, 0.3) is 5.91 Å². The molecule has 0 aromatic carbocycles. The van der Waals surface area contributed by atoms with Gasteiger partial charge in [0.1, 0.15) is 12.6 Å². The third kappa shape index (κ3) is 8.14. The van der Waals surface area contributed by atoms with Crippen LogP contribution < -0.4 is 5.32 Å². The zero-order chi connectivity index (χ0) is 19.2. The first kappa shape index (κ1) is 29.4. The van der Waals surface area contributed by atoms with Gasteiger partial charge >= 0.3 is 6.09 Å². The van der Waals surface area contributed by atoms with E-state index in [1.165, 1.54) is 6.42 Å². The third-order valence-corrected chi connectivity index (χ3v) is 5.68. The highest BCUT2D eigenvalue weighted by Gasteiger charge is 2.37. The van der Waals surface area contributed by atoms with Crippen LogP contribution in [0.5, 0.6) is 0 Å². The van der Waals surface area contributed by atoms with Gasteiger partial charge < -0.3 is 24.4 Å². The monoisotopic (exact) mass is 484 g/mol. The summed E-state index contributed by atoms with van der Waals surface area (Å²) in [6, 6.07) is -0.673. The molecule has 3 aliphatic rings. The minimum atomic E-state index is -0.885. The second-order valence-corrected chi connectivity index (χ2v) is 7.68. The molecule has 0 radical (unpaired) electrons. The molecule has 0 unspecified atom stereocenters. The number of hydrogen-bond acceptors (Lipinski definition) is 6. The van der Waals surface area contributed by atoms with Crippen molar-refractivity contribution < 1.29 is 28.6 Å². The second kappa shape index (κ2) is 14.4. The molecule has 1 saturated carbocycles. The summed E-state index contributed by atoms with van der Waals surface area (Å²) in [7, 11) is 0. The Morgan fingerprint density at radius 2 is 1.77 bits per heavy atom. The Morgan fingerprint density at radius 1 is 1.13 bits per heavy atom. The van der Waals surface area contributed by atoms with E-state index in [2.05, 4.69) is 5.32 Å². The summed E-state index contributed by atoms with van der Waals surface area (Å²) >= 11 is 0. The highest BCUT2D eigenvalue weighted by molar-refractivity contribution is 7.59. The summed E-state index contributed by atoms with van der Waals surface area (Å²) in [6.07, 6.45) is 4.34. The molecule has 0 aromatic rings. The highest BCUT2D eigenvalue weighted by atomic mass is 32.1. The lowest BCUT2D eigenvalue weighted by atomic mass is 9.85. The van der Waals surface area contributed by atoms with E-state index in [4.69, 9.17) is 14.2 Å². The van der Waals surface area contributed by atoms with E-state index in [0.29, 0.717) is 38.6 Å². The summed E-state index contributed by atoms with van der Waals surface area (Å²) < 4.78 is 16.1. The van der Waals surface area contributed by atoms with Gasteiger partial charge in [0.05, 0.1) is 19.3 Å². The van der Waals surface area contributed by atoms with Crippen molar-refractivity contribution in [1.29, 1.82) is 0 Å². The quantitative estimate of drug-likeness (QED) is 0.637. The van der Waals surface area contributed by atoms with Gasteiger partial charge in [-0.05, 0) is 19.3 Å². The predicted molar refractivity (Wildman–Crippen MR) is 127 cm³/mol. The molecule has 30 heavy (non-hydrogen) atoms. The van der Waals surface area contributed by atoms with E-state index in [9.17, 15) is 14.4 Å². The molecule has 1 aliphatic carbocycles. The molecule has 8 nitrogen and oxygen atoms in total. The predicted octanol–water partition coefficient (Wildman–Crippen LogP) is 1.61. The molecule has 11 heteroatoms. The first-order chi connectivity index (χ1) is 13.0. The number of amides is 2. The number of hydrogen-bond donors (Lipinski definition) is 1. The topological polar surface area (TPSA) is 94.2 Å². The lowest BCUT2D eigenvalue weighted by molar-refractivity contribution is -0.134. The number of morpholine rings is 1. The SMILES string of the molecule is C[C@@H]1OCC(=O)[C@H]1NC(=O)[C@H](CC1CCCCC1)OC(=O)N1CCOCC1.S.S.S. The van der Waals surface area contributed by atoms with Crippen molar-refractivity contribution in [2.45, 2.75) is 63.7 Å². The molecule has 3 fully saturated rings. The van der Waals surface area contributed by atoms with Crippen LogP contribution in [-0.2, 0) is 23.8 Å². The molecule has 0 spiro atoms. The van der Waals surface area contributed by atoms with Crippen molar-refractivity contribution in [3.05, 3.63) is 0 Å². The molecule has 1 N–H and O–H groups in total. The molecule has 2 amide bonds. The maximum Gasteiger partial charge on any atom is 0.410 e. The van der Waals surface area contributed by atoms with Gasteiger partial charge in [-0.1, -0.05) is 32.1 Å². The largest absolute Gasteiger partial charge is 0.436 e. The Bertz CT molecular complexity index is 556. The lowest BCUT2D eigenvalue weighted by Crippen LogP contribution is -2.51. The average molecular weight is 485 g/mol. The number of carbonyl (C=O) groups is 3. The number of rotatable bonds is 5. The first-order valence-electron chi connectivity index (χ1n) is 10.0. The van der Waals surface area contributed by atoms with Crippen molar-refractivity contribution in [3.8, 4) is 0 Å². The Hall–Kier alpha value is -0.620. The van der Waals surface area contributed by atoms with Crippen LogP contribution in [-0.4, -0.2) is 73.8 Å². The van der Waals surface area contributed by atoms with Crippen molar-refractivity contribution in [3.63, 3.8) is 0 Å². The Labute approximate surface area is 199 Å². The Kier molecular flexibility index (Phi) is 14.1. The van der Waals surface area contributed by atoms with Gasteiger partial charge in [-0.2, -0.15) is 40.5 Å². The van der Waals surface area contributed by atoms with Crippen LogP contribution >= 0.6 is 40.5 Å². The van der Waals surface area contributed by atoms with Crippen LogP contribution in [0.3, 0.4) is 0 Å². The molecule has 176 valence electrons. The third-order valence-electron chi connectivity index (χ3n) is 5.68. The van der Waals surface area contributed by atoms with Gasteiger partial charge in [-0.3, -0.25) is 9.59 Å². The lowest BCUT2D eigenvalue weighted by Gasteiger charge is -2.30. The molecule has 0 aromatic heterocycles. The van der Waals surface area contributed by atoms with Crippen LogP contribution in [0, 0.1) is 5.92 Å². The van der Waals surface area contributed by atoms with Crippen LogP contribution in [0.25, 0.3) is 0 Å². The summed E-state index contributed by atoms with van der Waals surface area (Å²) in [5.41, 5.74) is 0. The molecule has 2 saturated heterocycles. The molecular weight excluding hydrogens is 448 g/mol. The molecule has 2 aliphatic heterocycles. The van der Waals surface area contributed by atoms with E-state index in [-0.39, 0.29) is 59.0 Å². The van der Waals surface area contributed by atoms with Gasteiger partial charge in [0.15, 0.2) is 11.9 Å². The molecule has 0 bridgehead atoms. The first-order valence-corrected chi connectivity index (χ1v) is 10.0. The molecule has 2 heterocycles. The summed E-state index contributed by atoms with van der Waals surface area (Å²) in [4.78, 5) is 38.8.